The van der Waals surface area contributed by atoms with Crippen LogP contribution in [0.3, 0.4) is 0 Å². The number of ether oxygens (including phenoxy) is 2. The van der Waals surface area contributed by atoms with Crippen molar-refractivity contribution < 1.29 is 23.9 Å². The normalized spacial score (nSPS) is 18.1. The first kappa shape index (κ1) is 20.3. The van der Waals surface area contributed by atoms with E-state index in [1.807, 2.05) is 0 Å². The Bertz CT molecular complexity index is 698. The molecule has 2 amide bonds. The van der Waals surface area contributed by atoms with Gasteiger partial charge in [-0.05, 0) is 38.0 Å². The van der Waals surface area contributed by atoms with Gasteiger partial charge < -0.3 is 20.1 Å². The molecule has 1 heterocycles. The number of amides is 2. The highest BCUT2D eigenvalue weighted by atomic mass is 35.5. The molecular weight excluding hydrogens is 383 g/mol. The van der Waals surface area contributed by atoms with Crippen molar-refractivity contribution in [1.82, 2.24) is 4.90 Å². The van der Waals surface area contributed by atoms with Crippen molar-refractivity contribution in [3.63, 3.8) is 0 Å². The van der Waals surface area contributed by atoms with Gasteiger partial charge in [0, 0.05) is 18.1 Å². The Morgan fingerprint density at radius 3 is 2.73 bits per heavy atom. The first-order chi connectivity index (χ1) is 12.3. The molecule has 142 valence electrons. The van der Waals surface area contributed by atoms with Crippen LogP contribution in [-0.2, 0) is 19.1 Å². The highest BCUT2D eigenvalue weighted by Crippen LogP contribution is 2.28. The second kappa shape index (κ2) is 9.09. The topological polar surface area (TPSA) is 98.9 Å². The van der Waals surface area contributed by atoms with Crippen LogP contribution in [0.25, 0.3) is 0 Å². The van der Waals surface area contributed by atoms with Crippen LogP contribution in [0.5, 0.6) is 5.75 Å². The number of esters is 1. The summed E-state index contributed by atoms with van der Waals surface area (Å²) in [5.74, 6) is -1.58. The molecule has 0 aliphatic carbocycles. The Morgan fingerprint density at radius 2 is 2.08 bits per heavy atom. The van der Waals surface area contributed by atoms with Crippen molar-refractivity contribution in [3.05, 3.63) is 28.2 Å². The average molecular weight is 403 g/mol. The second-order valence-corrected chi connectivity index (χ2v) is 6.87. The van der Waals surface area contributed by atoms with Crippen LogP contribution in [0.4, 0.5) is 0 Å². The summed E-state index contributed by atoms with van der Waals surface area (Å²) in [7, 11) is 0. The Hall–Kier alpha value is -1.99. The zero-order chi connectivity index (χ0) is 19.3. The molecule has 7 nitrogen and oxygen atoms in total. The predicted molar refractivity (Wildman–Crippen MR) is 96.0 cm³/mol. The molecule has 2 N–H and O–H groups in total. The van der Waals surface area contributed by atoms with Gasteiger partial charge in [0.1, 0.15) is 5.75 Å². The standard InChI is InChI=1S/C17H20Cl2N2O5/c1-10(26-14-5-4-12(18)7-13(14)19)17(24)25-9-15(22)21-6-2-3-11(8-21)16(20)23/h4-5,7,10-11H,2-3,6,8-9H2,1H3,(H2,20,23)/t10-,11+/m0/s1. The second-order valence-electron chi connectivity index (χ2n) is 6.02. The number of piperidine rings is 1. The number of carbonyl (C=O) groups is 3. The number of likely N-dealkylation sites (tertiary alicyclic amines) is 1. The van der Waals surface area contributed by atoms with Crippen molar-refractivity contribution >= 4 is 41.0 Å². The molecular formula is C17H20Cl2N2O5. The van der Waals surface area contributed by atoms with Crippen LogP contribution in [0.15, 0.2) is 18.2 Å². The molecule has 1 saturated heterocycles. The summed E-state index contributed by atoms with van der Waals surface area (Å²) in [4.78, 5) is 36.9. The van der Waals surface area contributed by atoms with Crippen LogP contribution >= 0.6 is 23.2 Å². The predicted octanol–water partition coefficient (Wildman–Crippen LogP) is 2.03. The molecule has 9 heteroatoms. The fraction of sp³-hybridized carbons (Fsp3) is 0.471. The van der Waals surface area contributed by atoms with E-state index in [2.05, 4.69) is 0 Å². The quantitative estimate of drug-likeness (QED) is 0.733. The lowest BCUT2D eigenvalue weighted by molar-refractivity contribution is -0.158. The van der Waals surface area contributed by atoms with Gasteiger partial charge in [-0.2, -0.15) is 0 Å². The van der Waals surface area contributed by atoms with Gasteiger partial charge in [0.2, 0.25) is 5.91 Å². The molecule has 0 radical (unpaired) electrons. The zero-order valence-corrected chi connectivity index (χ0v) is 15.8. The molecule has 2 rings (SSSR count). The third-order valence-electron chi connectivity index (χ3n) is 4.04. The number of halogens is 2. The fourth-order valence-electron chi connectivity index (χ4n) is 2.59. The number of benzene rings is 1. The van der Waals surface area contributed by atoms with E-state index < -0.39 is 24.6 Å². The largest absolute Gasteiger partial charge is 0.477 e. The molecule has 26 heavy (non-hydrogen) atoms. The van der Waals surface area contributed by atoms with Crippen LogP contribution in [-0.4, -0.2) is 48.5 Å². The van der Waals surface area contributed by atoms with E-state index >= 15 is 0 Å². The average Bonchev–Trinajstić information content (AvgIpc) is 2.61. The Morgan fingerprint density at radius 1 is 1.35 bits per heavy atom. The summed E-state index contributed by atoms with van der Waals surface area (Å²) in [6.07, 6.45) is 0.384. The molecule has 0 spiro atoms. The molecule has 0 bridgehead atoms. The summed E-state index contributed by atoms with van der Waals surface area (Å²) in [6.45, 7) is 1.82. The van der Waals surface area contributed by atoms with Gasteiger partial charge in [-0.15, -0.1) is 0 Å². The van der Waals surface area contributed by atoms with Crippen LogP contribution in [0.1, 0.15) is 19.8 Å². The Kier molecular flexibility index (Phi) is 7.11. The first-order valence-electron chi connectivity index (χ1n) is 8.13. The summed E-state index contributed by atoms with van der Waals surface area (Å²) >= 11 is 11.8. The third kappa shape index (κ3) is 5.51. The lowest BCUT2D eigenvalue weighted by Crippen LogP contribution is -2.45. The molecule has 2 atom stereocenters. The van der Waals surface area contributed by atoms with E-state index in [1.165, 1.54) is 24.0 Å². The Labute approximate surface area is 161 Å². The van der Waals surface area contributed by atoms with Gasteiger partial charge >= 0.3 is 5.97 Å². The van der Waals surface area contributed by atoms with Crippen molar-refractivity contribution in [3.8, 4) is 5.75 Å². The SMILES string of the molecule is C[C@H](Oc1ccc(Cl)cc1Cl)C(=O)OCC(=O)N1CCC[C@@H](C(N)=O)C1. The van der Waals surface area contributed by atoms with Crippen molar-refractivity contribution in [2.75, 3.05) is 19.7 Å². The summed E-state index contributed by atoms with van der Waals surface area (Å²) < 4.78 is 10.4. The number of carbonyl (C=O) groups excluding carboxylic acids is 3. The highest BCUT2D eigenvalue weighted by molar-refractivity contribution is 6.35. The molecule has 1 aromatic carbocycles. The maximum atomic E-state index is 12.2. The van der Waals surface area contributed by atoms with Gasteiger partial charge in [-0.1, -0.05) is 23.2 Å². The zero-order valence-electron chi connectivity index (χ0n) is 14.2. The number of nitrogens with zero attached hydrogens (tertiary/aromatic N) is 1. The molecule has 1 aromatic rings. The molecule has 1 aliphatic rings. The number of nitrogens with two attached hydrogens (primary N) is 1. The molecule has 0 aromatic heterocycles. The molecule has 0 unspecified atom stereocenters. The first-order valence-corrected chi connectivity index (χ1v) is 8.89. The number of hydrogen-bond donors (Lipinski definition) is 1. The minimum absolute atomic E-state index is 0.248. The number of rotatable bonds is 6. The van der Waals surface area contributed by atoms with Crippen LogP contribution < -0.4 is 10.5 Å². The van der Waals surface area contributed by atoms with E-state index in [-0.39, 0.29) is 29.1 Å². The minimum atomic E-state index is -0.957. The maximum Gasteiger partial charge on any atom is 0.347 e. The lowest BCUT2D eigenvalue weighted by Gasteiger charge is -2.31. The monoisotopic (exact) mass is 402 g/mol. The fourth-order valence-corrected chi connectivity index (χ4v) is 3.04. The van der Waals surface area contributed by atoms with E-state index in [4.69, 9.17) is 38.4 Å². The van der Waals surface area contributed by atoms with E-state index in [0.29, 0.717) is 24.4 Å². The van der Waals surface area contributed by atoms with Crippen molar-refractivity contribution in [2.45, 2.75) is 25.9 Å². The summed E-state index contributed by atoms with van der Waals surface area (Å²) in [5, 5.41) is 0.706. The number of hydrogen-bond acceptors (Lipinski definition) is 5. The summed E-state index contributed by atoms with van der Waals surface area (Å²) in [6, 6.07) is 4.61. The van der Waals surface area contributed by atoms with Crippen molar-refractivity contribution in [1.29, 1.82) is 0 Å². The van der Waals surface area contributed by atoms with Crippen LogP contribution in [0, 0.1) is 5.92 Å². The smallest absolute Gasteiger partial charge is 0.347 e. The van der Waals surface area contributed by atoms with E-state index in [9.17, 15) is 14.4 Å². The van der Waals surface area contributed by atoms with Gasteiger partial charge in [0.05, 0.1) is 10.9 Å². The third-order valence-corrected chi connectivity index (χ3v) is 4.57. The summed E-state index contributed by atoms with van der Waals surface area (Å²) in [5.41, 5.74) is 5.29. The van der Waals surface area contributed by atoms with Gasteiger partial charge in [0.15, 0.2) is 12.7 Å². The van der Waals surface area contributed by atoms with Gasteiger partial charge in [-0.3, -0.25) is 9.59 Å². The highest BCUT2D eigenvalue weighted by Gasteiger charge is 2.28. The lowest BCUT2D eigenvalue weighted by atomic mass is 9.97. The van der Waals surface area contributed by atoms with E-state index in [1.54, 1.807) is 6.07 Å². The van der Waals surface area contributed by atoms with Gasteiger partial charge in [0.25, 0.3) is 5.91 Å². The van der Waals surface area contributed by atoms with Gasteiger partial charge in [-0.25, -0.2) is 4.79 Å². The number of primary amides is 1. The van der Waals surface area contributed by atoms with Crippen molar-refractivity contribution in [2.24, 2.45) is 11.7 Å². The van der Waals surface area contributed by atoms with Crippen LogP contribution in [0.2, 0.25) is 10.0 Å². The van der Waals surface area contributed by atoms with E-state index in [0.717, 1.165) is 0 Å². The minimum Gasteiger partial charge on any atom is -0.477 e. The molecule has 0 saturated carbocycles. The maximum absolute atomic E-state index is 12.2. The molecule has 1 aliphatic heterocycles. The Balaban J connectivity index is 1.83. The molecule has 1 fully saturated rings.